The number of ether oxygens (including phenoxy) is 1. The highest BCUT2D eigenvalue weighted by atomic mass is 19.4. The second-order valence-corrected chi connectivity index (χ2v) is 6.13. The molecule has 26 heavy (non-hydrogen) atoms. The Kier molecular flexibility index (Phi) is 6.57. The smallest absolute Gasteiger partial charge is 0.383 e. The molecule has 2 amide bonds. The molecule has 1 atom stereocenters. The average Bonchev–Trinajstić information content (AvgIpc) is 2.57. The molecule has 1 aliphatic heterocycles. The highest BCUT2D eigenvalue weighted by Gasteiger charge is 2.32. The van der Waals surface area contributed by atoms with E-state index >= 15 is 0 Å². The first kappa shape index (κ1) is 20.2. The molecule has 1 aliphatic rings. The number of rotatable bonds is 6. The maximum absolute atomic E-state index is 13.4. The Morgan fingerprint density at radius 1 is 1.35 bits per heavy atom. The minimum atomic E-state index is -4.66. The van der Waals surface area contributed by atoms with E-state index in [1.165, 1.54) is 12.0 Å². The van der Waals surface area contributed by atoms with Gasteiger partial charge in [0.25, 0.3) is 0 Å². The highest BCUT2D eigenvalue weighted by Crippen LogP contribution is 2.30. The standard InChI is InChI=1S/C17H20F4N2O3/c1-26-5-4-23-10-12(2-3-15(23)24)16(25)22-9-11-6-13(17(19,20)21)8-14(18)7-11/h6-8,12H,2-5,9-10H2,1H3,(H,22,25)/t12-/m0/s1. The van der Waals surface area contributed by atoms with Crippen LogP contribution in [0.3, 0.4) is 0 Å². The molecule has 2 rings (SSSR count). The molecule has 0 aromatic heterocycles. The van der Waals surface area contributed by atoms with Gasteiger partial charge in [0.05, 0.1) is 18.1 Å². The summed E-state index contributed by atoms with van der Waals surface area (Å²) in [7, 11) is 1.51. The molecule has 0 bridgehead atoms. The number of nitrogens with zero attached hydrogens (tertiary/aromatic N) is 1. The second kappa shape index (κ2) is 8.48. The number of halogens is 4. The van der Waals surface area contributed by atoms with Crippen molar-refractivity contribution in [3.8, 4) is 0 Å². The quantitative estimate of drug-likeness (QED) is 0.776. The predicted molar refractivity (Wildman–Crippen MR) is 84.4 cm³/mol. The first-order chi connectivity index (χ1) is 12.2. The molecule has 5 nitrogen and oxygen atoms in total. The van der Waals surface area contributed by atoms with Crippen LogP contribution in [0.15, 0.2) is 18.2 Å². The lowest BCUT2D eigenvalue weighted by atomic mass is 9.96. The molecular formula is C17H20F4N2O3. The number of carbonyl (C=O) groups excluding carboxylic acids is 2. The summed E-state index contributed by atoms with van der Waals surface area (Å²) in [5.41, 5.74) is -1.08. The number of likely N-dealkylation sites (tertiary alicyclic amines) is 1. The van der Waals surface area contributed by atoms with E-state index in [4.69, 9.17) is 4.74 Å². The van der Waals surface area contributed by atoms with Crippen LogP contribution in [-0.2, 0) is 27.0 Å². The van der Waals surface area contributed by atoms with Gasteiger partial charge < -0.3 is 15.0 Å². The fraction of sp³-hybridized carbons (Fsp3) is 0.529. The van der Waals surface area contributed by atoms with Crippen molar-refractivity contribution in [2.75, 3.05) is 26.8 Å². The van der Waals surface area contributed by atoms with E-state index in [1.807, 2.05) is 0 Å². The molecule has 0 saturated carbocycles. The van der Waals surface area contributed by atoms with Crippen molar-refractivity contribution in [2.24, 2.45) is 5.92 Å². The van der Waals surface area contributed by atoms with Crippen LogP contribution in [0.2, 0.25) is 0 Å². The zero-order valence-electron chi connectivity index (χ0n) is 14.2. The molecule has 0 radical (unpaired) electrons. The Labute approximate surface area is 148 Å². The lowest BCUT2D eigenvalue weighted by Crippen LogP contribution is -2.46. The monoisotopic (exact) mass is 376 g/mol. The summed E-state index contributed by atoms with van der Waals surface area (Å²) in [5.74, 6) is -1.91. The minimum absolute atomic E-state index is 0.0220. The predicted octanol–water partition coefficient (Wildman–Crippen LogP) is 2.35. The first-order valence-electron chi connectivity index (χ1n) is 8.12. The van der Waals surface area contributed by atoms with Crippen molar-refractivity contribution >= 4 is 11.8 Å². The fourth-order valence-corrected chi connectivity index (χ4v) is 2.80. The van der Waals surface area contributed by atoms with E-state index in [2.05, 4.69) is 5.32 Å². The summed E-state index contributed by atoms with van der Waals surface area (Å²) in [6.07, 6.45) is -4.07. The van der Waals surface area contributed by atoms with Crippen LogP contribution >= 0.6 is 0 Å². The average molecular weight is 376 g/mol. The van der Waals surface area contributed by atoms with Crippen molar-refractivity contribution in [1.82, 2.24) is 10.2 Å². The Hall–Kier alpha value is -2.16. The van der Waals surface area contributed by atoms with E-state index in [9.17, 15) is 27.2 Å². The van der Waals surface area contributed by atoms with Gasteiger partial charge in [0.1, 0.15) is 5.82 Å². The van der Waals surface area contributed by atoms with Gasteiger partial charge in [0.2, 0.25) is 11.8 Å². The Morgan fingerprint density at radius 3 is 2.73 bits per heavy atom. The molecule has 9 heteroatoms. The molecule has 0 unspecified atom stereocenters. The number of alkyl halides is 3. The number of methoxy groups -OCH3 is 1. The van der Waals surface area contributed by atoms with Gasteiger partial charge in [0, 0.05) is 33.2 Å². The van der Waals surface area contributed by atoms with Crippen LogP contribution in [0.4, 0.5) is 17.6 Å². The Bertz CT molecular complexity index is 664. The van der Waals surface area contributed by atoms with Crippen LogP contribution in [0.5, 0.6) is 0 Å². The molecule has 1 fully saturated rings. The minimum Gasteiger partial charge on any atom is -0.383 e. The fourth-order valence-electron chi connectivity index (χ4n) is 2.80. The van der Waals surface area contributed by atoms with Crippen LogP contribution in [0.1, 0.15) is 24.0 Å². The maximum atomic E-state index is 13.4. The SMILES string of the molecule is COCCN1C[C@@H](C(=O)NCc2cc(F)cc(C(F)(F)F)c2)CCC1=O. The van der Waals surface area contributed by atoms with Crippen molar-refractivity contribution in [1.29, 1.82) is 0 Å². The van der Waals surface area contributed by atoms with Crippen LogP contribution in [-0.4, -0.2) is 43.5 Å². The normalized spacial score (nSPS) is 18.1. The molecule has 1 aromatic carbocycles. The van der Waals surface area contributed by atoms with E-state index in [0.717, 1.165) is 12.1 Å². The van der Waals surface area contributed by atoms with E-state index in [1.54, 1.807) is 0 Å². The summed E-state index contributed by atoms with van der Waals surface area (Å²) < 4.78 is 56.5. The topological polar surface area (TPSA) is 58.6 Å². The largest absolute Gasteiger partial charge is 0.416 e. The van der Waals surface area contributed by atoms with Gasteiger partial charge >= 0.3 is 6.18 Å². The lowest BCUT2D eigenvalue weighted by Gasteiger charge is -2.31. The van der Waals surface area contributed by atoms with E-state index in [0.29, 0.717) is 25.6 Å². The van der Waals surface area contributed by atoms with Gasteiger partial charge in [-0.25, -0.2) is 4.39 Å². The number of piperidine rings is 1. The lowest BCUT2D eigenvalue weighted by molar-refractivity contribution is -0.139. The first-order valence-corrected chi connectivity index (χ1v) is 8.12. The highest BCUT2D eigenvalue weighted by molar-refractivity contribution is 5.83. The summed E-state index contributed by atoms with van der Waals surface area (Å²) in [6, 6.07) is 2.16. The maximum Gasteiger partial charge on any atom is 0.416 e. The number of hydrogen-bond acceptors (Lipinski definition) is 3. The van der Waals surface area contributed by atoms with Gasteiger partial charge in [-0.05, 0) is 30.2 Å². The molecule has 0 spiro atoms. The van der Waals surface area contributed by atoms with Crippen molar-refractivity contribution in [2.45, 2.75) is 25.6 Å². The molecule has 1 heterocycles. The number of benzene rings is 1. The molecule has 1 saturated heterocycles. The zero-order chi connectivity index (χ0) is 19.3. The molecule has 0 aliphatic carbocycles. The molecule has 1 N–H and O–H groups in total. The number of nitrogens with one attached hydrogen (secondary N) is 1. The third-order valence-corrected chi connectivity index (χ3v) is 4.19. The second-order valence-electron chi connectivity index (χ2n) is 6.13. The van der Waals surface area contributed by atoms with E-state index < -0.39 is 23.5 Å². The van der Waals surface area contributed by atoms with E-state index in [-0.39, 0.29) is 36.9 Å². The van der Waals surface area contributed by atoms with Crippen molar-refractivity contribution < 1.29 is 31.9 Å². The zero-order valence-corrected chi connectivity index (χ0v) is 14.2. The van der Waals surface area contributed by atoms with Crippen molar-refractivity contribution in [3.63, 3.8) is 0 Å². The number of amides is 2. The Morgan fingerprint density at radius 2 is 2.08 bits per heavy atom. The Balaban J connectivity index is 1.96. The van der Waals surface area contributed by atoms with Gasteiger partial charge in [0.15, 0.2) is 0 Å². The number of carbonyl (C=O) groups is 2. The van der Waals surface area contributed by atoms with Crippen LogP contribution < -0.4 is 5.32 Å². The molecule has 1 aromatic rings. The summed E-state index contributed by atoms with van der Waals surface area (Å²) in [6.45, 7) is 0.731. The van der Waals surface area contributed by atoms with Gasteiger partial charge in [-0.3, -0.25) is 9.59 Å². The molecular weight excluding hydrogens is 356 g/mol. The van der Waals surface area contributed by atoms with Gasteiger partial charge in [-0.1, -0.05) is 0 Å². The number of hydrogen-bond donors (Lipinski definition) is 1. The van der Waals surface area contributed by atoms with Crippen molar-refractivity contribution in [3.05, 3.63) is 35.1 Å². The summed E-state index contributed by atoms with van der Waals surface area (Å²) >= 11 is 0. The van der Waals surface area contributed by atoms with Crippen LogP contribution in [0.25, 0.3) is 0 Å². The van der Waals surface area contributed by atoms with Gasteiger partial charge in [-0.2, -0.15) is 13.2 Å². The third kappa shape index (κ3) is 5.42. The summed E-state index contributed by atoms with van der Waals surface area (Å²) in [5, 5.41) is 2.52. The van der Waals surface area contributed by atoms with Gasteiger partial charge in [-0.15, -0.1) is 0 Å². The third-order valence-electron chi connectivity index (χ3n) is 4.19. The van der Waals surface area contributed by atoms with Crippen LogP contribution in [0, 0.1) is 11.7 Å². The summed E-state index contributed by atoms with van der Waals surface area (Å²) in [4.78, 5) is 25.6. The molecule has 144 valence electrons.